The van der Waals surface area contributed by atoms with E-state index in [0.717, 1.165) is 16.6 Å². The topological polar surface area (TPSA) is 63.2 Å². The summed E-state index contributed by atoms with van der Waals surface area (Å²) in [4.78, 5) is 16.5. The van der Waals surface area contributed by atoms with E-state index in [-0.39, 0.29) is 5.91 Å². The molecule has 3 rings (SSSR count). The van der Waals surface area contributed by atoms with Crippen molar-refractivity contribution in [2.45, 2.75) is 6.42 Å². The minimum Gasteiger partial charge on any atom is -0.495 e. The van der Waals surface area contributed by atoms with Crippen molar-refractivity contribution < 1.29 is 9.53 Å². The Bertz CT molecular complexity index is 899. The van der Waals surface area contributed by atoms with Gasteiger partial charge in [-0.25, -0.2) is 0 Å². The predicted octanol–water partition coefficient (Wildman–Crippen LogP) is 4.34. The van der Waals surface area contributed by atoms with Crippen LogP contribution in [0.1, 0.15) is 6.42 Å². The Kier molecular flexibility index (Phi) is 5.36. The third kappa shape index (κ3) is 4.39. The molecule has 0 bridgehead atoms. The molecule has 0 saturated heterocycles. The van der Waals surface area contributed by atoms with Crippen molar-refractivity contribution in [1.82, 2.24) is 4.98 Å². The molecule has 0 spiro atoms. The summed E-state index contributed by atoms with van der Waals surface area (Å²) < 4.78 is 5.26. The van der Waals surface area contributed by atoms with Gasteiger partial charge in [0.25, 0.3) is 0 Å². The number of para-hydroxylation sites is 1. The van der Waals surface area contributed by atoms with Crippen molar-refractivity contribution in [3.63, 3.8) is 0 Å². The summed E-state index contributed by atoms with van der Waals surface area (Å²) in [6, 6.07) is 15.0. The van der Waals surface area contributed by atoms with Crippen LogP contribution in [0.2, 0.25) is 5.02 Å². The number of halogens is 1. The number of anilines is 2. The first-order chi connectivity index (χ1) is 12.2. The van der Waals surface area contributed by atoms with Gasteiger partial charge in [0.1, 0.15) is 5.75 Å². The summed E-state index contributed by atoms with van der Waals surface area (Å²) in [5, 5.41) is 7.62. The molecule has 0 fully saturated rings. The van der Waals surface area contributed by atoms with Crippen LogP contribution in [0, 0.1) is 0 Å². The number of pyridine rings is 1. The van der Waals surface area contributed by atoms with Gasteiger partial charge in [0.2, 0.25) is 5.91 Å². The Hall–Kier alpha value is -2.79. The normalized spacial score (nSPS) is 10.5. The zero-order valence-corrected chi connectivity index (χ0v) is 14.5. The first-order valence-electron chi connectivity index (χ1n) is 7.88. The number of carbonyl (C=O) groups excluding carboxylic acids is 1. The van der Waals surface area contributed by atoms with E-state index in [9.17, 15) is 4.79 Å². The zero-order chi connectivity index (χ0) is 17.6. The molecule has 1 amide bonds. The fourth-order valence-electron chi connectivity index (χ4n) is 2.49. The average molecular weight is 356 g/mol. The highest BCUT2D eigenvalue weighted by Gasteiger charge is 2.06. The summed E-state index contributed by atoms with van der Waals surface area (Å²) in [5.74, 6) is 0.592. The fraction of sp³-hybridized carbons (Fsp3) is 0.158. The highest BCUT2D eigenvalue weighted by molar-refractivity contribution is 6.30. The quantitative estimate of drug-likeness (QED) is 0.690. The number of nitrogens with one attached hydrogen (secondary N) is 2. The smallest absolute Gasteiger partial charge is 0.226 e. The van der Waals surface area contributed by atoms with Crippen LogP contribution in [0.3, 0.4) is 0 Å². The van der Waals surface area contributed by atoms with Gasteiger partial charge in [0, 0.05) is 23.4 Å². The SMILES string of the molecule is COc1ccc(Cl)cc1NCCC(=O)Nc1cnc2ccccc2c1. The van der Waals surface area contributed by atoms with Gasteiger partial charge in [-0.15, -0.1) is 0 Å². The highest BCUT2D eigenvalue weighted by Crippen LogP contribution is 2.27. The molecule has 2 N–H and O–H groups in total. The molecule has 128 valence electrons. The van der Waals surface area contributed by atoms with Crippen molar-refractivity contribution in [3.05, 3.63) is 59.8 Å². The summed E-state index contributed by atoms with van der Waals surface area (Å²) >= 11 is 5.99. The van der Waals surface area contributed by atoms with Gasteiger partial charge in [0.05, 0.1) is 30.2 Å². The molecule has 5 nitrogen and oxygen atoms in total. The number of ether oxygens (including phenoxy) is 1. The molecular weight excluding hydrogens is 338 g/mol. The number of aromatic nitrogens is 1. The van der Waals surface area contributed by atoms with Crippen LogP contribution >= 0.6 is 11.6 Å². The fourth-order valence-corrected chi connectivity index (χ4v) is 2.66. The van der Waals surface area contributed by atoms with E-state index in [0.29, 0.717) is 29.4 Å². The molecule has 2 aromatic carbocycles. The lowest BCUT2D eigenvalue weighted by Gasteiger charge is -2.11. The Labute approximate surface area is 151 Å². The van der Waals surface area contributed by atoms with E-state index in [1.165, 1.54) is 0 Å². The van der Waals surface area contributed by atoms with Gasteiger partial charge in [-0.3, -0.25) is 9.78 Å². The lowest BCUT2D eigenvalue weighted by atomic mass is 10.2. The maximum atomic E-state index is 12.1. The molecular formula is C19H18ClN3O2. The minimum atomic E-state index is -0.0921. The first kappa shape index (κ1) is 17.0. The molecule has 0 aliphatic rings. The highest BCUT2D eigenvalue weighted by atomic mass is 35.5. The molecule has 1 heterocycles. The van der Waals surface area contributed by atoms with Gasteiger partial charge in [-0.1, -0.05) is 29.8 Å². The van der Waals surface area contributed by atoms with Crippen LogP contribution in [0.5, 0.6) is 5.75 Å². The Balaban J connectivity index is 1.56. The van der Waals surface area contributed by atoms with E-state index in [4.69, 9.17) is 16.3 Å². The molecule has 3 aromatic rings. The number of carbonyl (C=O) groups is 1. The number of methoxy groups -OCH3 is 1. The Morgan fingerprint density at radius 1 is 1.20 bits per heavy atom. The van der Waals surface area contributed by atoms with Crippen LogP contribution in [-0.4, -0.2) is 24.5 Å². The molecule has 25 heavy (non-hydrogen) atoms. The second-order valence-corrected chi connectivity index (χ2v) is 5.92. The van der Waals surface area contributed by atoms with Crippen molar-refractivity contribution in [3.8, 4) is 5.75 Å². The number of amides is 1. The van der Waals surface area contributed by atoms with Gasteiger partial charge in [-0.05, 0) is 30.3 Å². The Morgan fingerprint density at radius 3 is 2.88 bits per heavy atom. The van der Waals surface area contributed by atoms with Crippen LogP contribution in [0.15, 0.2) is 54.7 Å². The van der Waals surface area contributed by atoms with Crippen molar-refractivity contribution in [1.29, 1.82) is 0 Å². The molecule has 0 unspecified atom stereocenters. The predicted molar refractivity (Wildman–Crippen MR) is 101 cm³/mol. The maximum Gasteiger partial charge on any atom is 0.226 e. The zero-order valence-electron chi connectivity index (χ0n) is 13.8. The number of benzene rings is 2. The number of rotatable bonds is 6. The Morgan fingerprint density at radius 2 is 2.04 bits per heavy atom. The van der Waals surface area contributed by atoms with Crippen molar-refractivity contribution in [2.75, 3.05) is 24.3 Å². The van der Waals surface area contributed by atoms with Crippen LogP contribution in [0.25, 0.3) is 10.9 Å². The maximum absolute atomic E-state index is 12.1. The van der Waals surface area contributed by atoms with E-state index >= 15 is 0 Å². The van der Waals surface area contributed by atoms with Gasteiger partial charge >= 0.3 is 0 Å². The molecule has 0 radical (unpaired) electrons. The molecule has 0 saturated carbocycles. The lowest BCUT2D eigenvalue weighted by Crippen LogP contribution is -2.16. The van der Waals surface area contributed by atoms with Crippen molar-refractivity contribution in [2.24, 2.45) is 0 Å². The first-order valence-corrected chi connectivity index (χ1v) is 8.25. The van der Waals surface area contributed by atoms with E-state index in [1.807, 2.05) is 30.3 Å². The summed E-state index contributed by atoms with van der Waals surface area (Å²) in [5.41, 5.74) is 2.34. The standard InChI is InChI=1S/C19H18ClN3O2/c1-25-18-7-6-14(20)11-17(18)21-9-8-19(24)23-15-10-13-4-2-3-5-16(13)22-12-15/h2-7,10-12,21H,8-9H2,1H3,(H,23,24). The number of hydrogen-bond donors (Lipinski definition) is 2. The van der Waals surface area contributed by atoms with Crippen LogP contribution < -0.4 is 15.4 Å². The second kappa shape index (κ2) is 7.85. The van der Waals surface area contributed by atoms with Gasteiger partial charge < -0.3 is 15.4 Å². The molecule has 0 aliphatic heterocycles. The average Bonchev–Trinajstić information content (AvgIpc) is 2.62. The number of nitrogens with zero attached hydrogens (tertiary/aromatic N) is 1. The lowest BCUT2D eigenvalue weighted by molar-refractivity contribution is -0.115. The minimum absolute atomic E-state index is 0.0921. The summed E-state index contributed by atoms with van der Waals surface area (Å²) in [7, 11) is 1.59. The monoisotopic (exact) mass is 355 g/mol. The van der Waals surface area contributed by atoms with E-state index in [1.54, 1.807) is 31.5 Å². The molecule has 1 aromatic heterocycles. The third-order valence-electron chi connectivity index (χ3n) is 3.70. The van der Waals surface area contributed by atoms with E-state index < -0.39 is 0 Å². The van der Waals surface area contributed by atoms with Gasteiger partial charge in [0.15, 0.2) is 0 Å². The van der Waals surface area contributed by atoms with E-state index in [2.05, 4.69) is 15.6 Å². The van der Waals surface area contributed by atoms with Gasteiger partial charge in [-0.2, -0.15) is 0 Å². The molecule has 6 heteroatoms. The van der Waals surface area contributed by atoms with Crippen molar-refractivity contribution >= 4 is 39.8 Å². The third-order valence-corrected chi connectivity index (χ3v) is 3.94. The second-order valence-electron chi connectivity index (χ2n) is 5.49. The molecule has 0 aliphatic carbocycles. The summed E-state index contributed by atoms with van der Waals surface area (Å²) in [6.07, 6.45) is 1.97. The largest absolute Gasteiger partial charge is 0.495 e. The number of fused-ring (bicyclic) bond motifs is 1. The molecule has 0 atom stereocenters. The summed E-state index contributed by atoms with van der Waals surface area (Å²) in [6.45, 7) is 0.462. The van der Waals surface area contributed by atoms with Crippen LogP contribution in [0.4, 0.5) is 11.4 Å². The van der Waals surface area contributed by atoms with Crippen LogP contribution in [-0.2, 0) is 4.79 Å². The number of hydrogen-bond acceptors (Lipinski definition) is 4.